The maximum atomic E-state index is 12.3. The molecule has 0 saturated carbocycles. The number of nitrogens with zero attached hydrogens (tertiary/aromatic N) is 1. The quantitative estimate of drug-likeness (QED) is 0.807. The molecule has 1 aliphatic rings. The molecule has 1 aliphatic heterocycles. The molecule has 2 unspecified atom stereocenters. The average molecular weight is 326 g/mol. The number of hydrogen-bond acceptors (Lipinski definition) is 4. The van der Waals surface area contributed by atoms with Gasteiger partial charge in [0.15, 0.2) is 0 Å². The number of ether oxygens (including phenoxy) is 1. The number of carbonyl (C=O) groups is 1. The van der Waals surface area contributed by atoms with Crippen LogP contribution in [0, 0.1) is 0 Å². The Labute approximate surface area is 136 Å². The molecule has 1 amide bonds. The Balaban J connectivity index is 1.73. The van der Waals surface area contributed by atoms with Gasteiger partial charge in [0.25, 0.3) is 0 Å². The van der Waals surface area contributed by atoms with Gasteiger partial charge in [-0.15, -0.1) is 0 Å². The predicted molar refractivity (Wildman–Crippen MR) is 88.0 cm³/mol. The van der Waals surface area contributed by atoms with Crippen LogP contribution in [-0.2, 0) is 4.79 Å². The Morgan fingerprint density at radius 1 is 1.45 bits per heavy atom. The molecule has 5 nitrogen and oxygen atoms in total. The lowest BCUT2D eigenvalue weighted by Crippen LogP contribution is -2.45. The van der Waals surface area contributed by atoms with Gasteiger partial charge < -0.3 is 9.64 Å². The van der Waals surface area contributed by atoms with E-state index in [-0.39, 0.29) is 11.9 Å². The maximum absolute atomic E-state index is 12.3. The molecule has 0 aliphatic carbocycles. The second-order valence-corrected chi connectivity index (χ2v) is 6.06. The lowest BCUT2D eigenvalue weighted by Gasteiger charge is -2.21. The van der Waals surface area contributed by atoms with E-state index in [1.165, 1.54) is 0 Å². The number of amides is 1. The monoisotopic (exact) mass is 325 g/mol. The molecular formula is C16H24ClN3O2. The summed E-state index contributed by atoms with van der Waals surface area (Å²) in [6, 6.07) is 7.50. The first-order valence-corrected chi connectivity index (χ1v) is 8.12. The first-order valence-electron chi connectivity index (χ1n) is 7.74. The van der Waals surface area contributed by atoms with Crippen LogP contribution in [0.2, 0.25) is 5.02 Å². The number of rotatable bonds is 7. The lowest BCUT2D eigenvalue weighted by molar-refractivity contribution is -0.132. The number of hydrogen-bond donors (Lipinski definition) is 2. The fourth-order valence-electron chi connectivity index (χ4n) is 2.56. The molecule has 1 fully saturated rings. The molecule has 122 valence electrons. The van der Waals surface area contributed by atoms with Gasteiger partial charge in [0.1, 0.15) is 18.4 Å². The third-order valence-corrected chi connectivity index (χ3v) is 4.02. The van der Waals surface area contributed by atoms with Crippen LogP contribution in [0.1, 0.15) is 26.2 Å². The van der Waals surface area contributed by atoms with E-state index >= 15 is 0 Å². The lowest BCUT2D eigenvalue weighted by atomic mass is 10.1. The number of benzene rings is 1. The predicted octanol–water partition coefficient (Wildman–Crippen LogP) is 2.21. The SMILES string of the molecule is CCCC1CC(C(=O)N(C)CCOc2cccc(Cl)c2)NN1. The molecule has 22 heavy (non-hydrogen) atoms. The summed E-state index contributed by atoms with van der Waals surface area (Å²) < 4.78 is 5.62. The molecule has 1 saturated heterocycles. The van der Waals surface area contributed by atoms with Crippen molar-refractivity contribution in [2.24, 2.45) is 0 Å². The largest absolute Gasteiger partial charge is 0.492 e. The molecule has 0 aromatic heterocycles. The second-order valence-electron chi connectivity index (χ2n) is 5.63. The molecule has 2 rings (SSSR count). The van der Waals surface area contributed by atoms with E-state index < -0.39 is 0 Å². The van der Waals surface area contributed by atoms with Gasteiger partial charge in [-0.2, -0.15) is 0 Å². The minimum Gasteiger partial charge on any atom is -0.492 e. The minimum absolute atomic E-state index is 0.0980. The molecule has 0 radical (unpaired) electrons. The van der Waals surface area contributed by atoms with Gasteiger partial charge in [-0.25, -0.2) is 5.43 Å². The Bertz CT molecular complexity index is 498. The summed E-state index contributed by atoms with van der Waals surface area (Å²) in [7, 11) is 1.80. The van der Waals surface area contributed by atoms with Crippen molar-refractivity contribution in [2.75, 3.05) is 20.2 Å². The fourth-order valence-corrected chi connectivity index (χ4v) is 2.74. The zero-order valence-electron chi connectivity index (χ0n) is 13.1. The zero-order valence-corrected chi connectivity index (χ0v) is 13.9. The highest BCUT2D eigenvalue weighted by molar-refractivity contribution is 6.30. The number of hydrazine groups is 1. The van der Waals surface area contributed by atoms with Crippen LogP contribution in [0.25, 0.3) is 0 Å². The first-order chi connectivity index (χ1) is 10.6. The zero-order chi connectivity index (χ0) is 15.9. The normalized spacial score (nSPS) is 20.9. The summed E-state index contributed by atoms with van der Waals surface area (Å²) in [4.78, 5) is 14.0. The van der Waals surface area contributed by atoms with Crippen molar-refractivity contribution in [1.82, 2.24) is 15.8 Å². The van der Waals surface area contributed by atoms with Crippen molar-refractivity contribution in [3.8, 4) is 5.75 Å². The van der Waals surface area contributed by atoms with E-state index in [0.29, 0.717) is 24.2 Å². The number of nitrogens with one attached hydrogen (secondary N) is 2. The van der Waals surface area contributed by atoms with E-state index in [0.717, 1.165) is 25.0 Å². The fraction of sp³-hybridized carbons (Fsp3) is 0.562. The van der Waals surface area contributed by atoms with E-state index in [4.69, 9.17) is 16.3 Å². The summed E-state index contributed by atoms with van der Waals surface area (Å²) in [5.74, 6) is 0.817. The van der Waals surface area contributed by atoms with Gasteiger partial charge in [0.2, 0.25) is 5.91 Å². The van der Waals surface area contributed by atoms with Crippen LogP contribution in [0.3, 0.4) is 0 Å². The van der Waals surface area contributed by atoms with Crippen LogP contribution in [0.4, 0.5) is 0 Å². The third-order valence-electron chi connectivity index (χ3n) is 3.78. The molecule has 1 aromatic rings. The van der Waals surface area contributed by atoms with Crippen LogP contribution in [0.15, 0.2) is 24.3 Å². The van der Waals surface area contributed by atoms with Gasteiger partial charge in [0.05, 0.1) is 6.54 Å². The van der Waals surface area contributed by atoms with Crippen molar-refractivity contribution in [3.63, 3.8) is 0 Å². The van der Waals surface area contributed by atoms with Crippen LogP contribution in [-0.4, -0.2) is 43.1 Å². The third kappa shape index (κ3) is 4.87. The minimum atomic E-state index is -0.146. The van der Waals surface area contributed by atoms with Crippen molar-refractivity contribution in [2.45, 2.75) is 38.3 Å². The summed E-state index contributed by atoms with van der Waals surface area (Å²) in [6.45, 7) is 3.14. The highest BCUT2D eigenvalue weighted by Crippen LogP contribution is 2.17. The molecule has 6 heteroatoms. The van der Waals surface area contributed by atoms with Gasteiger partial charge >= 0.3 is 0 Å². The van der Waals surface area contributed by atoms with Crippen molar-refractivity contribution in [1.29, 1.82) is 0 Å². The molecule has 2 N–H and O–H groups in total. The van der Waals surface area contributed by atoms with Crippen LogP contribution in [0.5, 0.6) is 5.75 Å². The highest BCUT2D eigenvalue weighted by Gasteiger charge is 2.30. The summed E-state index contributed by atoms with van der Waals surface area (Å²) in [5.41, 5.74) is 6.28. The Morgan fingerprint density at radius 2 is 2.27 bits per heavy atom. The Kier molecular flexibility index (Phi) is 6.49. The van der Waals surface area contributed by atoms with Crippen LogP contribution < -0.4 is 15.6 Å². The molecular weight excluding hydrogens is 302 g/mol. The van der Waals surface area contributed by atoms with E-state index in [2.05, 4.69) is 17.8 Å². The van der Waals surface area contributed by atoms with Crippen LogP contribution >= 0.6 is 11.6 Å². The Morgan fingerprint density at radius 3 is 3.00 bits per heavy atom. The van der Waals surface area contributed by atoms with E-state index in [1.54, 1.807) is 24.1 Å². The van der Waals surface area contributed by atoms with Gasteiger partial charge in [-0.1, -0.05) is 31.0 Å². The van der Waals surface area contributed by atoms with Crippen molar-refractivity contribution < 1.29 is 9.53 Å². The van der Waals surface area contributed by atoms with Gasteiger partial charge in [-0.05, 0) is 31.0 Å². The Hall–Kier alpha value is -1.30. The first kappa shape index (κ1) is 17.1. The van der Waals surface area contributed by atoms with E-state index in [9.17, 15) is 4.79 Å². The average Bonchev–Trinajstić information content (AvgIpc) is 2.95. The summed E-state index contributed by atoms with van der Waals surface area (Å²) >= 11 is 5.90. The highest BCUT2D eigenvalue weighted by atomic mass is 35.5. The number of carbonyl (C=O) groups excluding carboxylic acids is 1. The standard InChI is InChI=1S/C16H24ClN3O2/c1-3-5-13-11-15(19-18-13)16(21)20(2)8-9-22-14-7-4-6-12(17)10-14/h4,6-7,10,13,15,18-19H,3,5,8-9,11H2,1-2H3. The number of likely N-dealkylation sites (N-methyl/N-ethyl adjacent to an activating group) is 1. The van der Waals surface area contributed by atoms with Gasteiger partial charge in [-0.3, -0.25) is 10.2 Å². The van der Waals surface area contributed by atoms with E-state index in [1.807, 2.05) is 12.1 Å². The second kappa shape index (κ2) is 8.36. The molecule has 0 bridgehead atoms. The molecule has 1 aromatic carbocycles. The smallest absolute Gasteiger partial charge is 0.240 e. The van der Waals surface area contributed by atoms with Crippen molar-refractivity contribution in [3.05, 3.63) is 29.3 Å². The molecule has 1 heterocycles. The van der Waals surface area contributed by atoms with Gasteiger partial charge in [0, 0.05) is 18.1 Å². The molecule has 2 atom stereocenters. The topological polar surface area (TPSA) is 53.6 Å². The van der Waals surface area contributed by atoms with Crippen molar-refractivity contribution >= 4 is 17.5 Å². The number of halogens is 1. The summed E-state index contributed by atoms with van der Waals surface area (Å²) in [5, 5.41) is 0.644. The molecule has 0 spiro atoms. The summed E-state index contributed by atoms with van der Waals surface area (Å²) in [6.07, 6.45) is 3.04. The maximum Gasteiger partial charge on any atom is 0.240 e.